The van der Waals surface area contributed by atoms with Crippen molar-refractivity contribution in [3.05, 3.63) is 20.8 Å². The molecule has 0 spiro atoms. The van der Waals surface area contributed by atoms with Crippen molar-refractivity contribution in [3.63, 3.8) is 0 Å². The number of aromatic amines is 1. The number of rotatable bonds is 2. The smallest absolute Gasteiger partial charge is 0.326 e. The van der Waals surface area contributed by atoms with Crippen LogP contribution in [0, 0.1) is 11.8 Å². The Bertz CT molecular complexity index is 765. The molecule has 2 N–H and O–H groups in total. The zero-order valence-corrected chi connectivity index (χ0v) is 13.7. The Hall–Kier alpha value is -2.24. The summed E-state index contributed by atoms with van der Waals surface area (Å²) >= 11 is 0. The zero-order valence-electron chi connectivity index (χ0n) is 13.7. The Balaban J connectivity index is 2.11. The van der Waals surface area contributed by atoms with Gasteiger partial charge in [0.1, 0.15) is 11.5 Å². The first-order valence-electron chi connectivity index (χ1n) is 7.73. The Kier molecular flexibility index (Phi) is 4.15. The number of nitrogens with zero attached hydrogens (tertiary/aromatic N) is 4. The highest BCUT2D eigenvalue weighted by Gasteiger charge is 2.41. The molecule has 1 fully saturated rings. The molecule has 1 unspecified atom stereocenters. The quantitative estimate of drug-likeness (QED) is 0.649. The Morgan fingerprint density at radius 2 is 1.91 bits per heavy atom. The van der Waals surface area contributed by atoms with Gasteiger partial charge in [0, 0.05) is 40.3 Å². The van der Waals surface area contributed by atoms with E-state index in [1.165, 1.54) is 4.57 Å². The van der Waals surface area contributed by atoms with E-state index in [2.05, 4.69) is 27.0 Å². The van der Waals surface area contributed by atoms with Crippen LogP contribution in [0.5, 0.6) is 0 Å². The Labute approximate surface area is 134 Å². The van der Waals surface area contributed by atoms with E-state index in [0.717, 1.165) is 26.2 Å². The molecule has 124 valence electrons. The molecule has 1 saturated heterocycles. The molecule has 2 aliphatic heterocycles. The van der Waals surface area contributed by atoms with Gasteiger partial charge in [-0.05, 0) is 6.92 Å². The van der Waals surface area contributed by atoms with E-state index in [9.17, 15) is 9.59 Å². The number of nitrogens with one attached hydrogen (secondary N) is 2. The fourth-order valence-corrected chi connectivity index (χ4v) is 3.37. The molecule has 23 heavy (non-hydrogen) atoms. The molecule has 8 nitrogen and oxygen atoms in total. The van der Waals surface area contributed by atoms with Gasteiger partial charge in [-0.15, -0.1) is 5.92 Å². The molecule has 3 rings (SSSR count). The molecule has 8 heteroatoms. The third kappa shape index (κ3) is 2.52. The van der Waals surface area contributed by atoms with Gasteiger partial charge in [-0.1, -0.05) is 5.92 Å². The predicted octanol–water partition coefficient (Wildman–Crippen LogP) is -1.46. The van der Waals surface area contributed by atoms with Crippen molar-refractivity contribution in [3.8, 4) is 11.8 Å². The number of H-pyrrole nitrogens is 1. The minimum absolute atomic E-state index is 0.109. The molecular weight excluding hydrogens is 296 g/mol. The second-order valence-electron chi connectivity index (χ2n) is 5.79. The fourth-order valence-electron chi connectivity index (χ4n) is 3.37. The molecule has 0 radical (unpaired) electrons. The van der Waals surface area contributed by atoms with Gasteiger partial charge in [0.25, 0.3) is 5.56 Å². The molecular formula is C15H22N6O2. The van der Waals surface area contributed by atoms with Gasteiger partial charge in [-0.3, -0.25) is 19.2 Å². The Morgan fingerprint density at radius 1 is 1.22 bits per heavy atom. The lowest BCUT2D eigenvalue weighted by atomic mass is 10.3. The van der Waals surface area contributed by atoms with Crippen molar-refractivity contribution < 1.29 is 0 Å². The van der Waals surface area contributed by atoms with Crippen molar-refractivity contribution >= 4 is 11.5 Å². The minimum atomic E-state index is -0.400. The van der Waals surface area contributed by atoms with Gasteiger partial charge in [-0.2, -0.15) is 0 Å². The fraction of sp³-hybridized carbons (Fsp3) is 0.600. The van der Waals surface area contributed by atoms with E-state index in [4.69, 9.17) is 0 Å². The van der Waals surface area contributed by atoms with Crippen LogP contribution in [0.1, 0.15) is 6.92 Å². The summed E-state index contributed by atoms with van der Waals surface area (Å²) in [7, 11) is 3.60. The first-order chi connectivity index (χ1) is 11.1. The van der Waals surface area contributed by atoms with Crippen molar-refractivity contribution in [2.45, 2.75) is 13.2 Å². The van der Waals surface area contributed by atoms with E-state index < -0.39 is 5.69 Å². The third-order valence-electron chi connectivity index (χ3n) is 4.42. The highest BCUT2D eigenvalue weighted by Crippen LogP contribution is 2.35. The number of hydrogen-bond donors (Lipinski definition) is 2. The zero-order chi connectivity index (χ0) is 16.6. The van der Waals surface area contributed by atoms with Gasteiger partial charge in [0.2, 0.25) is 0 Å². The van der Waals surface area contributed by atoms with Gasteiger partial charge >= 0.3 is 5.69 Å². The maximum Gasteiger partial charge on any atom is 0.329 e. The van der Waals surface area contributed by atoms with E-state index in [-0.39, 0.29) is 11.8 Å². The van der Waals surface area contributed by atoms with Gasteiger partial charge in [-0.25, -0.2) is 4.79 Å². The van der Waals surface area contributed by atoms with Crippen LogP contribution in [0.4, 0.5) is 11.5 Å². The van der Waals surface area contributed by atoms with Crippen LogP contribution in [0.3, 0.4) is 0 Å². The third-order valence-corrected chi connectivity index (χ3v) is 4.42. The standard InChI is InChI=1S/C15H22N6O2/c1-4-5-8-21-11-12(22)17-14(23)18(2)13(11)19(3)15(21)20-9-6-16-7-10-20/h15-16H,6-10H2,1-3H3,(H,17,22,23). The maximum absolute atomic E-state index is 12.4. The molecule has 0 aliphatic carbocycles. The monoisotopic (exact) mass is 318 g/mol. The molecule has 0 bridgehead atoms. The molecule has 2 aliphatic rings. The summed E-state index contributed by atoms with van der Waals surface area (Å²) in [5.41, 5.74) is -0.241. The average Bonchev–Trinajstić information content (AvgIpc) is 2.84. The topological polar surface area (TPSA) is 76.6 Å². The molecule has 0 saturated carbocycles. The maximum atomic E-state index is 12.4. The Morgan fingerprint density at radius 3 is 2.57 bits per heavy atom. The van der Waals surface area contributed by atoms with Crippen LogP contribution in [-0.4, -0.2) is 60.5 Å². The van der Waals surface area contributed by atoms with Crippen LogP contribution in [-0.2, 0) is 7.05 Å². The lowest BCUT2D eigenvalue weighted by Crippen LogP contribution is -2.59. The highest BCUT2D eigenvalue weighted by atomic mass is 16.2. The molecule has 0 amide bonds. The van der Waals surface area contributed by atoms with Crippen molar-refractivity contribution in [1.82, 2.24) is 19.8 Å². The van der Waals surface area contributed by atoms with E-state index in [0.29, 0.717) is 18.1 Å². The number of aromatic nitrogens is 2. The number of anilines is 2. The van der Waals surface area contributed by atoms with Gasteiger partial charge < -0.3 is 15.1 Å². The lowest BCUT2D eigenvalue weighted by Gasteiger charge is -2.40. The van der Waals surface area contributed by atoms with Crippen LogP contribution < -0.4 is 26.4 Å². The minimum Gasteiger partial charge on any atom is -0.326 e. The summed E-state index contributed by atoms with van der Waals surface area (Å²) in [6.07, 6.45) is -0.109. The van der Waals surface area contributed by atoms with Gasteiger partial charge in [0.05, 0.1) is 6.54 Å². The molecule has 3 heterocycles. The number of fused-ring (bicyclic) bond motifs is 1. The molecule has 1 atom stereocenters. The van der Waals surface area contributed by atoms with E-state index >= 15 is 0 Å². The summed E-state index contributed by atoms with van der Waals surface area (Å²) in [5.74, 6) is 6.58. The summed E-state index contributed by atoms with van der Waals surface area (Å²) in [5, 5.41) is 3.33. The SMILES string of the molecule is CC#CCN1c2c(n(C)c(=O)[nH]c2=O)N(C)C1N1CCNCC1. The molecule has 1 aromatic heterocycles. The largest absolute Gasteiger partial charge is 0.329 e. The summed E-state index contributed by atoms with van der Waals surface area (Å²) in [4.78, 5) is 33.0. The number of hydrogen-bond acceptors (Lipinski definition) is 6. The predicted molar refractivity (Wildman–Crippen MR) is 89.7 cm³/mol. The second kappa shape index (κ2) is 6.10. The normalized spacial score (nSPS) is 21.1. The van der Waals surface area contributed by atoms with Crippen molar-refractivity contribution in [1.29, 1.82) is 0 Å². The second-order valence-corrected chi connectivity index (χ2v) is 5.79. The van der Waals surface area contributed by atoms with Gasteiger partial charge in [0.15, 0.2) is 6.29 Å². The van der Waals surface area contributed by atoms with E-state index in [1.807, 2.05) is 16.8 Å². The van der Waals surface area contributed by atoms with Crippen LogP contribution >= 0.6 is 0 Å². The summed E-state index contributed by atoms with van der Waals surface area (Å²) in [6, 6.07) is 0. The van der Waals surface area contributed by atoms with E-state index in [1.54, 1.807) is 14.0 Å². The van der Waals surface area contributed by atoms with Crippen molar-refractivity contribution in [2.24, 2.45) is 7.05 Å². The molecule has 0 aromatic carbocycles. The lowest BCUT2D eigenvalue weighted by molar-refractivity contribution is 0.173. The highest BCUT2D eigenvalue weighted by molar-refractivity contribution is 5.73. The molecule has 1 aromatic rings. The van der Waals surface area contributed by atoms with Crippen LogP contribution in [0.15, 0.2) is 9.59 Å². The first kappa shape index (κ1) is 15.6. The number of piperazine rings is 1. The summed E-state index contributed by atoms with van der Waals surface area (Å²) < 4.78 is 1.49. The summed E-state index contributed by atoms with van der Waals surface area (Å²) in [6.45, 7) is 5.80. The van der Waals surface area contributed by atoms with Crippen LogP contribution in [0.2, 0.25) is 0 Å². The van der Waals surface area contributed by atoms with Crippen molar-refractivity contribution in [2.75, 3.05) is 49.6 Å². The average molecular weight is 318 g/mol. The first-order valence-corrected chi connectivity index (χ1v) is 7.73. The van der Waals surface area contributed by atoms with Crippen LogP contribution in [0.25, 0.3) is 0 Å².